The molecule has 2 heterocycles. The second kappa shape index (κ2) is 17.3. The summed E-state index contributed by atoms with van der Waals surface area (Å²) in [5.74, 6) is 2.22. The molecule has 290 valence electrons. The van der Waals surface area contributed by atoms with E-state index in [1.165, 1.54) is 91.3 Å². The van der Waals surface area contributed by atoms with Crippen LogP contribution in [-0.4, -0.2) is 15.0 Å². The zero-order valence-electron chi connectivity index (χ0n) is 35.6. The molecule has 0 unspecified atom stereocenters. The quantitative estimate of drug-likeness (QED) is 0.0794. The smallest absolute Gasteiger partial charge is 0.208 e. The molecular weight excluding hydrogens is 669 g/mol. The van der Waals surface area contributed by atoms with Crippen molar-refractivity contribution in [2.75, 3.05) is 0 Å². The van der Waals surface area contributed by atoms with Crippen molar-refractivity contribution in [2.45, 2.75) is 162 Å². The number of unbranched alkanes of at least 4 members (excludes halogenated alkanes) is 5. The minimum absolute atomic E-state index is 0.0655. The number of benzene rings is 3. The highest BCUT2D eigenvalue weighted by Gasteiger charge is 2.47. The number of aromatic nitrogens is 4. The lowest BCUT2D eigenvalue weighted by atomic mass is 9.73. The monoisotopic (exact) mass is 736 g/mol. The van der Waals surface area contributed by atoms with Gasteiger partial charge in [0.1, 0.15) is 0 Å². The predicted octanol–water partition coefficient (Wildman–Crippen LogP) is 13.6. The molecule has 0 radical (unpaired) electrons. The van der Waals surface area contributed by atoms with Crippen molar-refractivity contribution in [2.24, 2.45) is 0 Å². The third-order valence-corrected chi connectivity index (χ3v) is 12.2. The van der Waals surface area contributed by atoms with E-state index < -0.39 is 0 Å². The molecule has 5 aromatic rings. The number of hydrogen-bond donors (Lipinski definition) is 0. The van der Waals surface area contributed by atoms with E-state index in [-0.39, 0.29) is 16.4 Å². The van der Waals surface area contributed by atoms with Crippen LogP contribution in [0.1, 0.15) is 155 Å². The van der Waals surface area contributed by atoms with Gasteiger partial charge in [0.15, 0.2) is 29.2 Å². The van der Waals surface area contributed by atoms with Crippen molar-refractivity contribution in [1.29, 1.82) is 0 Å². The third kappa shape index (κ3) is 9.28. The number of pyridine rings is 1. The first kappa shape index (κ1) is 40.5. The average Bonchev–Trinajstić information content (AvgIpc) is 3.16. The maximum absolute atomic E-state index is 5.38. The Labute approximate surface area is 333 Å². The van der Waals surface area contributed by atoms with E-state index >= 15 is 0 Å². The van der Waals surface area contributed by atoms with E-state index in [9.17, 15) is 0 Å². The van der Waals surface area contributed by atoms with E-state index in [0.29, 0.717) is 0 Å². The molecule has 4 heteroatoms. The Morgan fingerprint density at radius 3 is 1.60 bits per heavy atom. The molecule has 0 amide bonds. The SMILES string of the molecule is CCCCCCCc1cc(-c2ccccc2CCCC)[n+](C2(CC)CCC2)cc1-c1nc(-c2ccc(C(C)(C)C)cc2)nc(-c2ccc(C(C)(C)C)cc2)n1. The first-order valence-corrected chi connectivity index (χ1v) is 21.5. The van der Waals surface area contributed by atoms with Gasteiger partial charge in [0.05, 0.1) is 5.56 Å². The number of rotatable bonds is 15. The Balaban J connectivity index is 1.59. The second-order valence-corrected chi connectivity index (χ2v) is 18.3. The van der Waals surface area contributed by atoms with Crippen molar-refractivity contribution in [3.8, 4) is 45.4 Å². The predicted molar refractivity (Wildman–Crippen MR) is 232 cm³/mol. The summed E-state index contributed by atoms with van der Waals surface area (Å²) < 4.78 is 2.66. The Bertz CT molecular complexity index is 1940. The van der Waals surface area contributed by atoms with Crippen molar-refractivity contribution in [1.82, 2.24) is 15.0 Å². The molecule has 0 N–H and O–H groups in total. The second-order valence-electron chi connectivity index (χ2n) is 18.3. The van der Waals surface area contributed by atoms with Crippen LogP contribution < -0.4 is 4.57 Å². The normalized spacial score (nSPS) is 14.2. The highest BCUT2D eigenvalue weighted by Crippen LogP contribution is 2.41. The first-order chi connectivity index (χ1) is 26.4. The van der Waals surface area contributed by atoms with Gasteiger partial charge in [-0.15, -0.1) is 0 Å². The van der Waals surface area contributed by atoms with Crippen LogP contribution in [0, 0.1) is 0 Å². The topological polar surface area (TPSA) is 42.5 Å². The van der Waals surface area contributed by atoms with Crippen LogP contribution in [0.2, 0.25) is 0 Å². The number of nitrogens with zero attached hydrogens (tertiary/aromatic N) is 4. The molecule has 4 nitrogen and oxygen atoms in total. The van der Waals surface area contributed by atoms with Crippen LogP contribution in [0.3, 0.4) is 0 Å². The lowest BCUT2D eigenvalue weighted by Gasteiger charge is -2.37. The Kier molecular flexibility index (Phi) is 12.7. The largest absolute Gasteiger partial charge is 0.213 e. The van der Waals surface area contributed by atoms with E-state index in [1.54, 1.807) is 0 Å². The number of hydrogen-bond acceptors (Lipinski definition) is 3. The standard InChI is InChI=1S/C51H67N4/c1-10-13-15-16-17-23-40-35-45(43-24-19-18-22-37(43)21-14-11-2)55(51(12-3)33-20-34-51)36-44(40)48-53-46(38-25-29-41(30-26-38)49(4,5)6)52-47(54-48)39-27-31-42(32-28-39)50(7,8)9/h18-19,22,24-32,35-36H,10-17,20-21,23,33-34H2,1-9H3/q+1. The fourth-order valence-corrected chi connectivity index (χ4v) is 8.22. The first-order valence-electron chi connectivity index (χ1n) is 21.5. The highest BCUT2D eigenvalue weighted by molar-refractivity contribution is 5.70. The Hall–Kier alpha value is -4.18. The van der Waals surface area contributed by atoms with Crippen molar-refractivity contribution < 1.29 is 4.57 Å². The van der Waals surface area contributed by atoms with Gasteiger partial charge in [-0.1, -0.05) is 161 Å². The summed E-state index contributed by atoms with van der Waals surface area (Å²) in [5.41, 5.74) is 11.5. The highest BCUT2D eigenvalue weighted by atomic mass is 15.1. The molecule has 55 heavy (non-hydrogen) atoms. The van der Waals surface area contributed by atoms with Gasteiger partial charge in [-0.05, 0) is 71.3 Å². The van der Waals surface area contributed by atoms with Gasteiger partial charge in [-0.3, -0.25) is 0 Å². The lowest BCUT2D eigenvalue weighted by molar-refractivity contribution is -0.767. The Morgan fingerprint density at radius 2 is 1.09 bits per heavy atom. The van der Waals surface area contributed by atoms with E-state index in [2.05, 4.69) is 152 Å². The van der Waals surface area contributed by atoms with Gasteiger partial charge < -0.3 is 0 Å². The van der Waals surface area contributed by atoms with Crippen LogP contribution in [0.5, 0.6) is 0 Å². The lowest BCUT2D eigenvalue weighted by Crippen LogP contribution is -2.61. The molecule has 0 saturated heterocycles. The summed E-state index contributed by atoms with van der Waals surface area (Å²) in [7, 11) is 0. The van der Waals surface area contributed by atoms with E-state index in [4.69, 9.17) is 15.0 Å². The fraction of sp³-hybridized carbons (Fsp3) is 0.490. The molecule has 0 bridgehead atoms. The van der Waals surface area contributed by atoms with Crippen LogP contribution in [0.25, 0.3) is 45.4 Å². The van der Waals surface area contributed by atoms with Crippen LogP contribution in [0.4, 0.5) is 0 Å². The van der Waals surface area contributed by atoms with Crippen molar-refractivity contribution >= 4 is 0 Å². The molecule has 3 aromatic carbocycles. The molecule has 1 fully saturated rings. The zero-order chi connectivity index (χ0) is 39.2. The van der Waals surface area contributed by atoms with Crippen LogP contribution in [-0.2, 0) is 29.2 Å². The maximum atomic E-state index is 5.38. The van der Waals surface area contributed by atoms with Gasteiger partial charge >= 0.3 is 0 Å². The summed E-state index contributed by atoms with van der Waals surface area (Å²) in [6.07, 6.45) is 17.9. The minimum Gasteiger partial charge on any atom is -0.208 e. The fourth-order valence-electron chi connectivity index (χ4n) is 8.22. The molecule has 0 spiro atoms. The molecule has 0 aliphatic heterocycles. The molecular formula is C51H67N4+. The molecule has 6 rings (SSSR count). The van der Waals surface area contributed by atoms with Crippen LogP contribution >= 0.6 is 0 Å². The van der Waals surface area contributed by atoms with Crippen molar-refractivity contribution in [3.05, 3.63) is 107 Å². The van der Waals surface area contributed by atoms with Gasteiger partial charge in [0.25, 0.3) is 0 Å². The molecule has 2 aromatic heterocycles. The summed E-state index contributed by atoms with van der Waals surface area (Å²) in [5, 5.41) is 0. The summed E-state index contributed by atoms with van der Waals surface area (Å²) in [6.45, 7) is 20.5. The Morgan fingerprint density at radius 1 is 0.564 bits per heavy atom. The summed E-state index contributed by atoms with van der Waals surface area (Å²) in [6, 6.07) is 29.4. The summed E-state index contributed by atoms with van der Waals surface area (Å²) in [4.78, 5) is 16.0. The van der Waals surface area contributed by atoms with Crippen molar-refractivity contribution in [3.63, 3.8) is 0 Å². The van der Waals surface area contributed by atoms with Gasteiger partial charge in [0, 0.05) is 42.0 Å². The molecule has 0 atom stereocenters. The summed E-state index contributed by atoms with van der Waals surface area (Å²) >= 11 is 0. The minimum atomic E-state index is 0.0655. The molecule has 1 aliphatic rings. The third-order valence-electron chi connectivity index (χ3n) is 12.2. The van der Waals surface area contributed by atoms with E-state index in [1.807, 2.05) is 0 Å². The molecule has 1 aliphatic carbocycles. The average molecular weight is 736 g/mol. The van der Waals surface area contributed by atoms with Gasteiger partial charge in [0.2, 0.25) is 5.69 Å². The van der Waals surface area contributed by atoms with Gasteiger partial charge in [-0.2, -0.15) is 4.57 Å². The van der Waals surface area contributed by atoms with Crippen LogP contribution in [0.15, 0.2) is 85.1 Å². The maximum Gasteiger partial charge on any atom is 0.213 e. The zero-order valence-corrected chi connectivity index (χ0v) is 35.6. The van der Waals surface area contributed by atoms with E-state index in [0.717, 1.165) is 59.8 Å². The molecule has 1 saturated carbocycles. The van der Waals surface area contributed by atoms with Gasteiger partial charge in [-0.25, -0.2) is 15.0 Å². The number of aryl methyl sites for hydroxylation is 2.